The van der Waals surface area contributed by atoms with Gasteiger partial charge < -0.3 is 10.2 Å². The van der Waals surface area contributed by atoms with Gasteiger partial charge in [-0.3, -0.25) is 14.5 Å². The summed E-state index contributed by atoms with van der Waals surface area (Å²) in [6.45, 7) is 0.718. The summed E-state index contributed by atoms with van der Waals surface area (Å²) in [5.41, 5.74) is 2.59. The molecule has 2 N–H and O–H groups in total. The van der Waals surface area contributed by atoms with E-state index in [0.717, 1.165) is 28.4 Å². The van der Waals surface area contributed by atoms with E-state index in [0.29, 0.717) is 17.1 Å². The number of carbonyl (C=O) groups excluding carboxylic acids is 1. The first-order chi connectivity index (χ1) is 17.7. The van der Waals surface area contributed by atoms with Crippen LogP contribution in [0.25, 0.3) is 10.8 Å². The third-order valence-corrected chi connectivity index (χ3v) is 7.96. The molecule has 0 bridgehead atoms. The van der Waals surface area contributed by atoms with Crippen LogP contribution in [0.15, 0.2) is 78.1 Å². The molecule has 1 amide bonds. The summed E-state index contributed by atoms with van der Waals surface area (Å²) in [6, 6.07) is 15.7. The second-order valence-electron chi connectivity index (χ2n) is 9.46. The van der Waals surface area contributed by atoms with Crippen LogP contribution in [0.1, 0.15) is 23.5 Å². The number of aromatic nitrogens is 2. The molecule has 37 heavy (non-hydrogen) atoms. The second-order valence-corrected chi connectivity index (χ2v) is 11.5. The molecule has 2 aromatic carbocycles. The first-order valence-electron chi connectivity index (χ1n) is 11.8. The van der Waals surface area contributed by atoms with Gasteiger partial charge in [-0.15, -0.1) is 0 Å². The predicted octanol–water partition coefficient (Wildman–Crippen LogP) is 4.89. The topological polar surface area (TPSA) is 104 Å². The molecule has 1 aliphatic carbocycles. The van der Waals surface area contributed by atoms with Crippen LogP contribution in [0.2, 0.25) is 5.02 Å². The summed E-state index contributed by atoms with van der Waals surface area (Å²) in [7, 11) is 0.128. The van der Waals surface area contributed by atoms with Gasteiger partial charge >= 0.3 is 0 Å². The number of fused-ring (bicyclic) bond motifs is 1. The summed E-state index contributed by atoms with van der Waals surface area (Å²) < 4.78 is 28.2. The summed E-state index contributed by atoms with van der Waals surface area (Å²) in [5, 5.41) is 5.22. The number of benzene rings is 2. The molecule has 2 heterocycles. The van der Waals surface area contributed by atoms with Crippen molar-refractivity contribution < 1.29 is 13.2 Å². The standard InChI is InChI=1S/C27H26ClN5O3S/c1-33(2)16-17-3-10-26(30-13-17)32-37(35,36)21-8-5-18(6-9-21)22-12-24(22)27(34)31-20-7-4-19-14-29-15-25(28)23(19)11-20/h3-11,13-15,22,24H,12,16H2,1-2H3,(H,30,32)(H,31,34)/t22-,24+/m0/s1. The summed E-state index contributed by atoms with van der Waals surface area (Å²) in [6.07, 6.45) is 5.66. The van der Waals surface area contributed by atoms with E-state index in [1.807, 2.05) is 43.3 Å². The second kappa shape index (κ2) is 10.1. The smallest absolute Gasteiger partial charge is 0.263 e. The van der Waals surface area contributed by atoms with Gasteiger partial charge in [-0.2, -0.15) is 0 Å². The maximum absolute atomic E-state index is 12.8. The monoisotopic (exact) mass is 535 g/mol. The van der Waals surface area contributed by atoms with Gasteiger partial charge in [0, 0.05) is 47.5 Å². The number of anilines is 2. The fourth-order valence-corrected chi connectivity index (χ4v) is 5.56. The highest BCUT2D eigenvalue weighted by molar-refractivity contribution is 7.92. The Labute approximate surface area is 220 Å². The van der Waals surface area contributed by atoms with Gasteiger partial charge in [-0.05, 0) is 67.9 Å². The van der Waals surface area contributed by atoms with E-state index in [-0.39, 0.29) is 28.5 Å². The predicted molar refractivity (Wildman–Crippen MR) is 145 cm³/mol. The molecule has 0 aliphatic heterocycles. The van der Waals surface area contributed by atoms with Gasteiger partial charge in [-0.25, -0.2) is 13.4 Å². The van der Waals surface area contributed by atoms with Crippen molar-refractivity contribution in [3.05, 3.63) is 89.3 Å². The molecule has 0 spiro atoms. The van der Waals surface area contributed by atoms with Gasteiger partial charge in [0.15, 0.2) is 0 Å². The molecule has 10 heteroatoms. The molecule has 0 saturated heterocycles. The minimum atomic E-state index is -3.78. The highest BCUT2D eigenvalue weighted by Crippen LogP contribution is 2.48. The van der Waals surface area contributed by atoms with Crippen molar-refractivity contribution >= 4 is 49.8 Å². The van der Waals surface area contributed by atoms with Crippen molar-refractivity contribution in [2.75, 3.05) is 24.1 Å². The third-order valence-electron chi connectivity index (χ3n) is 6.29. The summed E-state index contributed by atoms with van der Waals surface area (Å²) >= 11 is 6.23. The van der Waals surface area contributed by atoms with Gasteiger partial charge in [0.2, 0.25) is 5.91 Å². The molecule has 4 aromatic rings. The van der Waals surface area contributed by atoms with E-state index in [4.69, 9.17) is 11.6 Å². The van der Waals surface area contributed by atoms with Crippen LogP contribution in [-0.4, -0.2) is 43.3 Å². The third kappa shape index (κ3) is 5.74. The number of sulfonamides is 1. The normalized spacial score (nSPS) is 17.1. The van der Waals surface area contributed by atoms with Crippen LogP contribution in [0.3, 0.4) is 0 Å². The highest BCUT2D eigenvalue weighted by atomic mass is 35.5. The highest BCUT2D eigenvalue weighted by Gasteiger charge is 2.44. The van der Waals surface area contributed by atoms with E-state index < -0.39 is 10.0 Å². The molecular formula is C27H26ClN5O3S. The molecule has 1 aliphatic rings. The lowest BCUT2D eigenvalue weighted by molar-refractivity contribution is -0.117. The van der Waals surface area contributed by atoms with Gasteiger partial charge in [0.05, 0.1) is 9.92 Å². The van der Waals surface area contributed by atoms with Crippen molar-refractivity contribution in [1.29, 1.82) is 0 Å². The number of hydrogen-bond acceptors (Lipinski definition) is 6. The average Bonchev–Trinajstić information content (AvgIpc) is 3.67. The van der Waals surface area contributed by atoms with Crippen molar-refractivity contribution in [3.8, 4) is 0 Å². The number of nitrogens with one attached hydrogen (secondary N) is 2. The maximum Gasteiger partial charge on any atom is 0.263 e. The zero-order valence-corrected chi connectivity index (χ0v) is 21.9. The first kappa shape index (κ1) is 25.1. The Morgan fingerprint density at radius 2 is 1.84 bits per heavy atom. The number of hydrogen-bond donors (Lipinski definition) is 2. The number of rotatable bonds is 8. The zero-order valence-electron chi connectivity index (χ0n) is 20.3. The Bertz CT molecular complexity index is 1560. The van der Waals surface area contributed by atoms with E-state index in [1.165, 1.54) is 0 Å². The van der Waals surface area contributed by atoms with Crippen molar-refractivity contribution in [3.63, 3.8) is 0 Å². The molecule has 190 valence electrons. The molecule has 8 nitrogen and oxygen atoms in total. The average molecular weight is 536 g/mol. The minimum Gasteiger partial charge on any atom is -0.326 e. The van der Waals surface area contributed by atoms with E-state index >= 15 is 0 Å². The quantitative estimate of drug-likeness (QED) is 0.333. The fraction of sp³-hybridized carbons (Fsp3) is 0.222. The lowest BCUT2D eigenvalue weighted by Gasteiger charge is -2.11. The van der Waals surface area contributed by atoms with Crippen LogP contribution >= 0.6 is 11.6 Å². The van der Waals surface area contributed by atoms with Crippen LogP contribution in [-0.2, 0) is 21.4 Å². The van der Waals surface area contributed by atoms with Crippen LogP contribution < -0.4 is 10.0 Å². The molecule has 0 radical (unpaired) electrons. The zero-order chi connectivity index (χ0) is 26.2. The Morgan fingerprint density at radius 1 is 1.05 bits per heavy atom. The number of nitrogens with zero attached hydrogens (tertiary/aromatic N) is 3. The first-order valence-corrected chi connectivity index (χ1v) is 13.6. The molecular weight excluding hydrogens is 510 g/mol. The van der Waals surface area contributed by atoms with Crippen LogP contribution in [0, 0.1) is 5.92 Å². The van der Waals surface area contributed by atoms with Crippen molar-refractivity contribution in [2.45, 2.75) is 23.8 Å². The van der Waals surface area contributed by atoms with E-state index in [9.17, 15) is 13.2 Å². The number of amides is 1. The van der Waals surface area contributed by atoms with Crippen molar-refractivity contribution in [1.82, 2.24) is 14.9 Å². The van der Waals surface area contributed by atoms with Gasteiger partial charge in [0.1, 0.15) is 5.82 Å². The fourth-order valence-electron chi connectivity index (χ4n) is 4.33. The molecule has 1 saturated carbocycles. The van der Waals surface area contributed by atoms with Crippen molar-refractivity contribution in [2.24, 2.45) is 5.92 Å². The summed E-state index contributed by atoms with van der Waals surface area (Å²) in [4.78, 5) is 23.3. The Kier molecular flexibility index (Phi) is 6.85. The van der Waals surface area contributed by atoms with Crippen LogP contribution in [0.4, 0.5) is 11.5 Å². The Balaban J connectivity index is 1.21. The molecule has 0 unspecified atom stereocenters. The lowest BCUT2D eigenvalue weighted by Crippen LogP contribution is -2.15. The van der Waals surface area contributed by atoms with Gasteiger partial charge in [0.25, 0.3) is 10.0 Å². The number of pyridine rings is 2. The SMILES string of the molecule is CN(C)Cc1ccc(NS(=O)(=O)c2ccc([C@@H]3C[C@H]3C(=O)Nc3ccc4cncc(Cl)c4c3)cc2)nc1. The molecule has 1 fully saturated rings. The van der Waals surface area contributed by atoms with E-state index in [1.54, 1.807) is 48.9 Å². The Morgan fingerprint density at radius 3 is 2.54 bits per heavy atom. The molecule has 5 rings (SSSR count). The maximum atomic E-state index is 12.8. The van der Waals surface area contributed by atoms with Crippen LogP contribution in [0.5, 0.6) is 0 Å². The summed E-state index contributed by atoms with van der Waals surface area (Å²) in [5.74, 6) is 0.0615. The molecule has 2 aromatic heterocycles. The Hall–Kier alpha value is -3.53. The largest absolute Gasteiger partial charge is 0.326 e. The number of carbonyl (C=O) groups is 1. The minimum absolute atomic E-state index is 0.0452. The lowest BCUT2D eigenvalue weighted by atomic mass is 10.1. The number of halogens is 1. The van der Waals surface area contributed by atoms with E-state index in [2.05, 4.69) is 20.0 Å². The molecule has 2 atom stereocenters. The van der Waals surface area contributed by atoms with Gasteiger partial charge in [-0.1, -0.05) is 35.9 Å².